The number of imidazole rings is 1. The van der Waals surface area contributed by atoms with Crippen LogP contribution >= 0.6 is 0 Å². The van der Waals surface area contributed by atoms with Gasteiger partial charge < -0.3 is 10.3 Å². The monoisotopic (exact) mass is 203 g/mol. The van der Waals surface area contributed by atoms with Gasteiger partial charge in [-0.25, -0.2) is 4.98 Å². The summed E-state index contributed by atoms with van der Waals surface area (Å²) in [5.41, 5.74) is 8.25. The van der Waals surface area contributed by atoms with E-state index in [1.165, 1.54) is 0 Å². The standard InChI is InChI=1S/C12H17N3/c1-3-10(13)9(2)15-8-14-11-6-4-5-7-12(11)15/h4-10H,3,13H2,1-2H3. The van der Waals surface area contributed by atoms with Crippen LogP contribution in [0.25, 0.3) is 11.0 Å². The molecule has 3 heteroatoms. The third-order valence-corrected chi connectivity index (χ3v) is 3.01. The Morgan fingerprint density at radius 1 is 1.40 bits per heavy atom. The smallest absolute Gasteiger partial charge is 0.0961 e. The molecule has 0 amide bonds. The second kappa shape index (κ2) is 4.03. The normalized spacial score (nSPS) is 15.4. The van der Waals surface area contributed by atoms with E-state index in [9.17, 15) is 0 Å². The third-order valence-electron chi connectivity index (χ3n) is 3.01. The van der Waals surface area contributed by atoms with Gasteiger partial charge in [0.2, 0.25) is 0 Å². The molecule has 0 saturated carbocycles. The van der Waals surface area contributed by atoms with Crippen LogP contribution in [0.2, 0.25) is 0 Å². The Kier molecular flexibility index (Phi) is 2.73. The number of nitrogens with two attached hydrogens (primary N) is 1. The Balaban J connectivity index is 2.43. The molecule has 0 saturated heterocycles. The summed E-state index contributed by atoms with van der Waals surface area (Å²) in [6.07, 6.45) is 2.86. The van der Waals surface area contributed by atoms with Crippen molar-refractivity contribution >= 4 is 11.0 Å². The number of hydrogen-bond donors (Lipinski definition) is 1. The van der Waals surface area contributed by atoms with Gasteiger partial charge in [0.25, 0.3) is 0 Å². The van der Waals surface area contributed by atoms with E-state index in [0.717, 1.165) is 17.5 Å². The highest BCUT2D eigenvalue weighted by Crippen LogP contribution is 2.19. The van der Waals surface area contributed by atoms with Gasteiger partial charge in [0.1, 0.15) is 0 Å². The maximum absolute atomic E-state index is 6.05. The molecule has 1 heterocycles. The second-order valence-corrected chi connectivity index (χ2v) is 3.95. The summed E-state index contributed by atoms with van der Waals surface area (Å²) in [6, 6.07) is 8.62. The van der Waals surface area contributed by atoms with Gasteiger partial charge in [0.05, 0.1) is 17.4 Å². The topological polar surface area (TPSA) is 43.8 Å². The minimum atomic E-state index is 0.183. The van der Waals surface area contributed by atoms with Crippen LogP contribution in [0.4, 0.5) is 0 Å². The van der Waals surface area contributed by atoms with Crippen molar-refractivity contribution in [2.24, 2.45) is 5.73 Å². The molecular formula is C12H17N3. The zero-order valence-electron chi connectivity index (χ0n) is 9.22. The van der Waals surface area contributed by atoms with Crippen LogP contribution in [0.3, 0.4) is 0 Å². The Hall–Kier alpha value is -1.35. The maximum Gasteiger partial charge on any atom is 0.0961 e. The van der Waals surface area contributed by atoms with Gasteiger partial charge in [-0.1, -0.05) is 19.1 Å². The average Bonchev–Trinajstić information content (AvgIpc) is 2.70. The Morgan fingerprint density at radius 3 is 2.87 bits per heavy atom. The molecule has 0 radical (unpaired) electrons. The summed E-state index contributed by atoms with van der Waals surface area (Å²) in [4.78, 5) is 4.36. The largest absolute Gasteiger partial charge is 0.326 e. The molecule has 2 aromatic rings. The van der Waals surface area contributed by atoms with Crippen LogP contribution in [-0.2, 0) is 0 Å². The van der Waals surface area contributed by atoms with Crippen molar-refractivity contribution in [3.05, 3.63) is 30.6 Å². The SMILES string of the molecule is CCC(N)C(C)n1cnc2ccccc21. The fourth-order valence-electron chi connectivity index (χ4n) is 1.85. The lowest BCUT2D eigenvalue weighted by Gasteiger charge is -2.20. The van der Waals surface area contributed by atoms with E-state index in [2.05, 4.69) is 29.5 Å². The van der Waals surface area contributed by atoms with Gasteiger partial charge in [-0.05, 0) is 25.5 Å². The van der Waals surface area contributed by atoms with Gasteiger partial charge in [0, 0.05) is 12.1 Å². The molecule has 0 bridgehead atoms. The molecule has 2 rings (SSSR count). The van der Waals surface area contributed by atoms with Gasteiger partial charge in [0.15, 0.2) is 0 Å². The lowest BCUT2D eigenvalue weighted by atomic mass is 10.1. The van der Waals surface area contributed by atoms with E-state index in [-0.39, 0.29) is 6.04 Å². The number of benzene rings is 1. The molecule has 2 N–H and O–H groups in total. The molecule has 2 atom stereocenters. The average molecular weight is 203 g/mol. The molecule has 2 unspecified atom stereocenters. The number of para-hydroxylation sites is 2. The van der Waals surface area contributed by atoms with E-state index in [1.807, 2.05) is 24.5 Å². The number of aromatic nitrogens is 2. The fraction of sp³-hybridized carbons (Fsp3) is 0.417. The predicted molar refractivity (Wildman–Crippen MR) is 62.7 cm³/mol. The van der Waals surface area contributed by atoms with Crippen molar-refractivity contribution in [3.8, 4) is 0 Å². The molecule has 0 aliphatic carbocycles. The molecule has 1 aromatic carbocycles. The fourth-order valence-corrected chi connectivity index (χ4v) is 1.85. The second-order valence-electron chi connectivity index (χ2n) is 3.95. The summed E-state index contributed by atoms with van der Waals surface area (Å²) in [5, 5.41) is 0. The first kappa shape index (κ1) is 10.2. The van der Waals surface area contributed by atoms with Gasteiger partial charge in [-0.2, -0.15) is 0 Å². The predicted octanol–water partition coefficient (Wildman–Crippen LogP) is 2.33. The lowest BCUT2D eigenvalue weighted by Crippen LogP contribution is -2.29. The number of rotatable bonds is 3. The van der Waals surface area contributed by atoms with Gasteiger partial charge in [-0.15, -0.1) is 0 Å². The summed E-state index contributed by atoms with van der Waals surface area (Å²) >= 11 is 0. The Labute approximate surface area is 89.9 Å². The number of fused-ring (bicyclic) bond motifs is 1. The van der Waals surface area contributed by atoms with Gasteiger partial charge >= 0.3 is 0 Å². The lowest BCUT2D eigenvalue weighted by molar-refractivity contribution is 0.440. The highest BCUT2D eigenvalue weighted by Gasteiger charge is 2.14. The summed E-state index contributed by atoms with van der Waals surface area (Å²) in [6.45, 7) is 4.25. The number of hydrogen-bond acceptors (Lipinski definition) is 2. The molecule has 80 valence electrons. The molecule has 3 nitrogen and oxygen atoms in total. The van der Waals surface area contributed by atoms with Crippen molar-refractivity contribution in [3.63, 3.8) is 0 Å². The van der Waals surface area contributed by atoms with Crippen LogP contribution < -0.4 is 5.73 Å². The summed E-state index contributed by atoms with van der Waals surface area (Å²) < 4.78 is 2.16. The van der Waals surface area contributed by atoms with Crippen LogP contribution in [0.1, 0.15) is 26.3 Å². The van der Waals surface area contributed by atoms with E-state index < -0.39 is 0 Å². The molecule has 1 aromatic heterocycles. The zero-order valence-corrected chi connectivity index (χ0v) is 9.22. The highest BCUT2D eigenvalue weighted by molar-refractivity contribution is 5.75. The zero-order chi connectivity index (χ0) is 10.8. The first-order valence-corrected chi connectivity index (χ1v) is 5.41. The van der Waals surface area contributed by atoms with E-state index >= 15 is 0 Å². The third kappa shape index (κ3) is 1.75. The first-order chi connectivity index (χ1) is 7.24. The van der Waals surface area contributed by atoms with Crippen molar-refractivity contribution in [2.45, 2.75) is 32.4 Å². The number of nitrogens with zero attached hydrogens (tertiary/aromatic N) is 2. The van der Waals surface area contributed by atoms with E-state index in [1.54, 1.807) is 0 Å². The van der Waals surface area contributed by atoms with E-state index in [4.69, 9.17) is 5.73 Å². The maximum atomic E-state index is 6.05. The quantitative estimate of drug-likeness (QED) is 0.832. The van der Waals surface area contributed by atoms with Crippen LogP contribution in [0.15, 0.2) is 30.6 Å². The summed E-state index contributed by atoms with van der Waals surface area (Å²) in [7, 11) is 0. The summed E-state index contributed by atoms with van der Waals surface area (Å²) in [5.74, 6) is 0. The van der Waals surface area contributed by atoms with Crippen molar-refractivity contribution < 1.29 is 0 Å². The van der Waals surface area contributed by atoms with E-state index in [0.29, 0.717) is 6.04 Å². The Morgan fingerprint density at radius 2 is 2.13 bits per heavy atom. The molecule has 0 aliphatic heterocycles. The van der Waals surface area contributed by atoms with Crippen molar-refractivity contribution in [1.82, 2.24) is 9.55 Å². The van der Waals surface area contributed by atoms with Crippen LogP contribution in [-0.4, -0.2) is 15.6 Å². The molecular weight excluding hydrogens is 186 g/mol. The molecule has 0 spiro atoms. The highest BCUT2D eigenvalue weighted by atomic mass is 15.1. The van der Waals surface area contributed by atoms with Gasteiger partial charge in [-0.3, -0.25) is 0 Å². The molecule has 15 heavy (non-hydrogen) atoms. The molecule has 0 fully saturated rings. The van der Waals surface area contributed by atoms with Crippen LogP contribution in [0.5, 0.6) is 0 Å². The molecule has 0 aliphatic rings. The Bertz CT molecular complexity index is 447. The first-order valence-electron chi connectivity index (χ1n) is 5.41. The van der Waals surface area contributed by atoms with Crippen LogP contribution in [0, 0.1) is 0 Å². The minimum absolute atomic E-state index is 0.183. The van der Waals surface area contributed by atoms with Crippen molar-refractivity contribution in [1.29, 1.82) is 0 Å². The van der Waals surface area contributed by atoms with Crippen molar-refractivity contribution in [2.75, 3.05) is 0 Å². The minimum Gasteiger partial charge on any atom is -0.326 e.